The van der Waals surface area contributed by atoms with Crippen LogP contribution in [0.15, 0.2) is 36.4 Å². The highest BCUT2D eigenvalue weighted by Gasteiger charge is 2.15. The van der Waals surface area contributed by atoms with Crippen molar-refractivity contribution < 1.29 is 14.3 Å². The minimum absolute atomic E-state index is 0.141. The minimum atomic E-state index is -0.686. The van der Waals surface area contributed by atoms with E-state index in [4.69, 9.17) is 22.1 Å². The molecule has 0 saturated heterocycles. The Labute approximate surface area is 152 Å². The first-order valence-corrected chi connectivity index (χ1v) is 8.24. The molecule has 0 fully saturated rings. The van der Waals surface area contributed by atoms with Gasteiger partial charge in [-0.1, -0.05) is 29.8 Å². The van der Waals surface area contributed by atoms with E-state index in [9.17, 15) is 9.59 Å². The van der Waals surface area contributed by atoms with Gasteiger partial charge in [-0.2, -0.15) is 0 Å². The molecule has 0 aliphatic carbocycles. The number of hydrogen-bond donors (Lipinski definition) is 2. The highest BCUT2D eigenvalue weighted by molar-refractivity contribution is 6.31. The van der Waals surface area contributed by atoms with Crippen LogP contribution in [-0.2, 0) is 9.53 Å². The summed E-state index contributed by atoms with van der Waals surface area (Å²) in [6.45, 7) is 5.53. The van der Waals surface area contributed by atoms with Gasteiger partial charge in [0.25, 0.3) is 5.91 Å². The summed E-state index contributed by atoms with van der Waals surface area (Å²) in [7, 11) is 0. The molecular formula is C19H21ClN2O3. The molecule has 132 valence electrons. The Bertz CT molecular complexity index is 805. The summed E-state index contributed by atoms with van der Waals surface area (Å²) in [4.78, 5) is 24.0. The maximum absolute atomic E-state index is 12.0. The Hall–Kier alpha value is -2.53. The molecular weight excluding hydrogens is 340 g/mol. The number of aryl methyl sites for hydroxylation is 2. The minimum Gasteiger partial charge on any atom is -0.452 e. The third-order valence-electron chi connectivity index (χ3n) is 3.98. The number of ether oxygens (including phenoxy) is 1. The summed E-state index contributed by atoms with van der Waals surface area (Å²) >= 11 is 5.84. The quantitative estimate of drug-likeness (QED) is 0.630. The summed E-state index contributed by atoms with van der Waals surface area (Å²) in [5.41, 5.74) is 9.44. The van der Waals surface area contributed by atoms with Crippen molar-refractivity contribution in [1.29, 1.82) is 0 Å². The average molecular weight is 361 g/mol. The Kier molecular flexibility index (Phi) is 6.04. The van der Waals surface area contributed by atoms with Gasteiger partial charge >= 0.3 is 5.97 Å². The zero-order valence-electron chi connectivity index (χ0n) is 14.4. The first kappa shape index (κ1) is 18.8. The number of nitrogen functional groups attached to an aromatic ring is 1. The molecule has 2 rings (SSSR count). The molecule has 0 bridgehead atoms. The van der Waals surface area contributed by atoms with Crippen LogP contribution in [0.4, 0.5) is 5.69 Å². The van der Waals surface area contributed by atoms with Crippen LogP contribution in [0.2, 0.25) is 5.02 Å². The molecule has 2 aromatic carbocycles. The van der Waals surface area contributed by atoms with Crippen LogP contribution < -0.4 is 11.1 Å². The van der Waals surface area contributed by atoms with Crippen LogP contribution in [0.1, 0.15) is 40.0 Å². The van der Waals surface area contributed by atoms with Crippen molar-refractivity contribution in [3.8, 4) is 0 Å². The topological polar surface area (TPSA) is 81.4 Å². The van der Waals surface area contributed by atoms with Crippen LogP contribution in [0.5, 0.6) is 0 Å². The van der Waals surface area contributed by atoms with Gasteiger partial charge in [-0.05, 0) is 55.7 Å². The predicted octanol–water partition coefficient (Wildman–Crippen LogP) is 3.57. The third-order valence-corrected chi connectivity index (χ3v) is 4.21. The highest BCUT2D eigenvalue weighted by Crippen LogP contribution is 2.19. The first-order valence-electron chi connectivity index (χ1n) is 7.86. The van der Waals surface area contributed by atoms with Crippen LogP contribution in [0.3, 0.4) is 0 Å². The van der Waals surface area contributed by atoms with Gasteiger partial charge in [0.15, 0.2) is 6.61 Å². The van der Waals surface area contributed by atoms with Gasteiger partial charge < -0.3 is 15.8 Å². The lowest BCUT2D eigenvalue weighted by Gasteiger charge is -2.16. The number of amides is 1. The second-order valence-electron chi connectivity index (χ2n) is 5.94. The van der Waals surface area contributed by atoms with Crippen molar-refractivity contribution in [2.45, 2.75) is 26.8 Å². The molecule has 0 saturated carbocycles. The SMILES string of the molecule is Cc1ccc(C(C)NC(=O)COC(=O)c2cc(Cl)ccc2N)cc1C. The van der Waals surface area contributed by atoms with E-state index >= 15 is 0 Å². The largest absolute Gasteiger partial charge is 0.452 e. The number of nitrogens with one attached hydrogen (secondary N) is 1. The van der Waals surface area contributed by atoms with Crippen LogP contribution in [-0.4, -0.2) is 18.5 Å². The van der Waals surface area contributed by atoms with E-state index in [0.29, 0.717) is 5.02 Å². The Balaban J connectivity index is 1.92. The maximum Gasteiger partial charge on any atom is 0.340 e. The molecule has 1 amide bonds. The first-order chi connectivity index (χ1) is 11.8. The highest BCUT2D eigenvalue weighted by atomic mass is 35.5. The van der Waals surface area contributed by atoms with Crippen molar-refractivity contribution in [3.05, 3.63) is 63.7 Å². The smallest absolute Gasteiger partial charge is 0.340 e. The van der Waals surface area contributed by atoms with E-state index < -0.39 is 5.97 Å². The van der Waals surface area contributed by atoms with E-state index in [-0.39, 0.29) is 29.8 Å². The zero-order chi connectivity index (χ0) is 18.6. The molecule has 1 unspecified atom stereocenters. The molecule has 0 aromatic heterocycles. The number of carbonyl (C=O) groups excluding carboxylic acids is 2. The molecule has 3 N–H and O–H groups in total. The molecule has 0 aliphatic heterocycles. The summed E-state index contributed by atoms with van der Waals surface area (Å²) in [5.74, 6) is -1.08. The van der Waals surface area contributed by atoms with E-state index in [1.165, 1.54) is 17.7 Å². The Morgan fingerprint density at radius 2 is 1.88 bits per heavy atom. The molecule has 0 spiro atoms. The number of carbonyl (C=O) groups is 2. The van der Waals surface area contributed by atoms with Gasteiger partial charge in [-0.25, -0.2) is 4.79 Å². The molecule has 1 atom stereocenters. The summed E-state index contributed by atoms with van der Waals surface area (Å²) in [6.07, 6.45) is 0. The fourth-order valence-corrected chi connectivity index (χ4v) is 2.49. The lowest BCUT2D eigenvalue weighted by molar-refractivity contribution is -0.124. The van der Waals surface area contributed by atoms with Gasteiger partial charge in [0.05, 0.1) is 11.6 Å². The predicted molar refractivity (Wildman–Crippen MR) is 98.6 cm³/mol. The normalized spacial score (nSPS) is 11.7. The fourth-order valence-electron chi connectivity index (χ4n) is 2.31. The monoisotopic (exact) mass is 360 g/mol. The van der Waals surface area contributed by atoms with E-state index in [0.717, 1.165) is 11.1 Å². The van der Waals surface area contributed by atoms with Crippen LogP contribution >= 0.6 is 11.6 Å². The summed E-state index contributed by atoms with van der Waals surface area (Å²) in [5, 5.41) is 3.17. The van der Waals surface area contributed by atoms with Crippen LogP contribution in [0.25, 0.3) is 0 Å². The molecule has 0 heterocycles. The molecule has 0 radical (unpaired) electrons. The zero-order valence-corrected chi connectivity index (χ0v) is 15.2. The number of rotatable bonds is 5. The van der Waals surface area contributed by atoms with E-state index in [1.807, 2.05) is 39.0 Å². The maximum atomic E-state index is 12.0. The lowest BCUT2D eigenvalue weighted by Crippen LogP contribution is -2.31. The number of hydrogen-bond acceptors (Lipinski definition) is 4. The van der Waals surface area contributed by atoms with Crippen molar-refractivity contribution in [2.24, 2.45) is 0 Å². The molecule has 0 aliphatic rings. The summed E-state index contributed by atoms with van der Waals surface area (Å²) < 4.78 is 5.02. The standard InChI is InChI=1S/C19H21ClN2O3/c1-11-4-5-14(8-12(11)2)13(3)22-18(23)10-25-19(24)16-9-15(20)6-7-17(16)21/h4-9,13H,10,21H2,1-3H3,(H,22,23). The number of nitrogens with two attached hydrogens (primary N) is 1. The van der Waals surface area contributed by atoms with Crippen LogP contribution in [0, 0.1) is 13.8 Å². The Morgan fingerprint density at radius 1 is 1.16 bits per heavy atom. The number of anilines is 1. The number of halogens is 1. The molecule has 2 aromatic rings. The van der Waals surface area contributed by atoms with E-state index in [1.54, 1.807) is 6.07 Å². The van der Waals surface area contributed by atoms with Crippen molar-refractivity contribution in [2.75, 3.05) is 12.3 Å². The average Bonchev–Trinajstić information content (AvgIpc) is 2.57. The third kappa shape index (κ3) is 4.97. The molecule has 5 nitrogen and oxygen atoms in total. The number of esters is 1. The second-order valence-corrected chi connectivity index (χ2v) is 6.38. The van der Waals surface area contributed by atoms with E-state index in [2.05, 4.69) is 5.32 Å². The van der Waals surface area contributed by atoms with Crippen molar-refractivity contribution in [1.82, 2.24) is 5.32 Å². The lowest BCUT2D eigenvalue weighted by atomic mass is 10.0. The van der Waals surface area contributed by atoms with Gasteiger partial charge in [0.1, 0.15) is 0 Å². The molecule has 25 heavy (non-hydrogen) atoms. The number of benzene rings is 2. The summed E-state index contributed by atoms with van der Waals surface area (Å²) in [6, 6.07) is 10.3. The van der Waals surface area contributed by atoms with Gasteiger partial charge in [-0.15, -0.1) is 0 Å². The fraction of sp³-hybridized carbons (Fsp3) is 0.263. The van der Waals surface area contributed by atoms with Gasteiger partial charge in [0.2, 0.25) is 0 Å². The van der Waals surface area contributed by atoms with Crippen molar-refractivity contribution in [3.63, 3.8) is 0 Å². The second kappa shape index (κ2) is 8.03. The van der Waals surface area contributed by atoms with Gasteiger partial charge in [-0.3, -0.25) is 4.79 Å². The molecule has 6 heteroatoms. The van der Waals surface area contributed by atoms with Gasteiger partial charge in [0, 0.05) is 10.7 Å². The Morgan fingerprint density at radius 3 is 2.56 bits per heavy atom. The van der Waals surface area contributed by atoms with Crippen molar-refractivity contribution >= 4 is 29.2 Å².